The first kappa shape index (κ1) is 30.5. The molecule has 2 aliphatic rings. The molecular formula is C35H37ClN2O5. The van der Waals surface area contributed by atoms with Crippen molar-refractivity contribution in [1.29, 1.82) is 0 Å². The van der Waals surface area contributed by atoms with Gasteiger partial charge < -0.3 is 20.6 Å². The van der Waals surface area contributed by atoms with Crippen LogP contribution < -0.4 is 10.2 Å². The zero-order valence-corrected chi connectivity index (χ0v) is 25.1. The number of fused-ring (bicyclic) bond motifs is 1. The molecule has 43 heavy (non-hydrogen) atoms. The SMILES string of the molecule is CCC1=C([C@H](O)CC/C(C)=C/c2ccc(O)cc2Cl)[C@H](CO)[C@@H]2C(=O)N(c3ccc(Nc4ccccc4)cc3)C(=O)[C@@H]2C1. The number of para-hydroxylation sites is 1. The topological polar surface area (TPSA) is 110 Å². The van der Waals surface area contributed by atoms with Crippen LogP contribution in [0, 0.1) is 17.8 Å². The standard InChI is InChI=1S/C35H37ClN2O5/c1-3-22-18-28-33(29(20-39)32(22)31(41)16-9-21(2)17-23-10-15-27(40)19-30(23)36)35(43)38(34(28)42)26-13-11-25(12-14-26)37-24-7-5-4-6-8-24/h4-8,10-15,17,19,28-29,31,33,37,39-41H,3,9,16,18,20H2,1-2H3/b21-17+/t28-,29+,31-,33-/m1/s1. The number of nitrogens with zero attached hydrogens (tertiary/aromatic N) is 1. The lowest BCUT2D eigenvalue weighted by atomic mass is 9.67. The van der Waals surface area contributed by atoms with Crippen molar-refractivity contribution in [3.05, 3.63) is 100 Å². The molecule has 1 saturated heterocycles. The first-order valence-electron chi connectivity index (χ1n) is 14.7. The Hall–Kier alpha value is -3.91. The van der Waals surface area contributed by atoms with Crippen LogP contribution in [0.25, 0.3) is 6.08 Å². The van der Waals surface area contributed by atoms with Gasteiger partial charge in [0, 0.05) is 17.3 Å². The lowest BCUT2D eigenvalue weighted by Crippen LogP contribution is -2.39. The smallest absolute Gasteiger partial charge is 0.238 e. The van der Waals surface area contributed by atoms with E-state index in [9.17, 15) is 24.9 Å². The largest absolute Gasteiger partial charge is 0.508 e. The summed E-state index contributed by atoms with van der Waals surface area (Å²) < 4.78 is 0. The van der Waals surface area contributed by atoms with Gasteiger partial charge in [-0.25, -0.2) is 0 Å². The minimum Gasteiger partial charge on any atom is -0.508 e. The number of phenolic OH excluding ortho intramolecular Hbond substituents is 1. The van der Waals surface area contributed by atoms with E-state index < -0.39 is 23.9 Å². The van der Waals surface area contributed by atoms with Gasteiger partial charge in [0.2, 0.25) is 11.8 Å². The molecule has 1 aliphatic heterocycles. The number of anilines is 3. The fraction of sp³-hybridized carbons (Fsp3) is 0.314. The summed E-state index contributed by atoms with van der Waals surface area (Å²) in [5.41, 5.74) is 5.63. The van der Waals surface area contributed by atoms with Gasteiger partial charge in [0.15, 0.2) is 0 Å². The molecule has 1 heterocycles. The summed E-state index contributed by atoms with van der Waals surface area (Å²) in [4.78, 5) is 28.7. The average molecular weight is 601 g/mol. The third-order valence-electron chi connectivity index (χ3n) is 8.55. The summed E-state index contributed by atoms with van der Waals surface area (Å²) in [6, 6.07) is 21.7. The second-order valence-corrected chi connectivity index (χ2v) is 11.7. The second-order valence-electron chi connectivity index (χ2n) is 11.3. The number of nitrogens with one attached hydrogen (secondary N) is 1. The van der Waals surface area contributed by atoms with Crippen LogP contribution in [0.5, 0.6) is 5.75 Å². The number of aliphatic hydroxyl groups is 2. The molecule has 1 aliphatic carbocycles. The van der Waals surface area contributed by atoms with Gasteiger partial charge in [0.05, 0.1) is 35.3 Å². The number of hydrogen-bond acceptors (Lipinski definition) is 6. The van der Waals surface area contributed by atoms with E-state index in [1.807, 2.05) is 62.4 Å². The number of aliphatic hydroxyl groups excluding tert-OH is 2. The summed E-state index contributed by atoms with van der Waals surface area (Å²) in [6.45, 7) is 3.59. The van der Waals surface area contributed by atoms with Crippen molar-refractivity contribution in [2.75, 3.05) is 16.8 Å². The predicted molar refractivity (Wildman–Crippen MR) is 170 cm³/mol. The Labute approximate surface area is 257 Å². The fourth-order valence-corrected chi connectivity index (χ4v) is 6.65. The first-order chi connectivity index (χ1) is 20.7. The number of halogens is 1. The molecule has 5 rings (SSSR count). The van der Waals surface area contributed by atoms with Crippen LogP contribution in [0.1, 0.15) is 45.1 Å². The number of phenols is 1. The highest BCUT2D eigenvalue weighted by Crippen LogP contribution is 2.48. The lowest BCUT2D eigenvalue weighted by molar-refractivity contribution is -0.123. The van der Waals surface area contributed by atoms with E-state index in [1.165, 1.54) is 11.0 Å². The Kier molecular flexibility index (Phi) is 9.35. The molecule has 3 aromatic carbocycles. The number of benzene rings is 3. The summed E-state index contributed by atoms with van der Waals surface area (Å²) in [7, 11) is 0. The molecule has 0 saturated carbocycles. The summed E-state index contributed by atoms with van der Waals surface area (Å²) in [5, 5.41) is 35.3. The number of amides is 2. The maximum Gasteiger partial charge on any atom is 0.238 e. The van der Waals surface area contributed by atoms with E-state index >= 15 is 0 Å². The lowest BCUT2D eigenvalue weighted by Gasteiger charge is -2.36. The van der Waals surface area contributed by atoms with Crippen molar-refractivity contribution >= 4 is 46.6 Å². The molecule has 224 valence electrons. The summed E-state index contributed by atoms with van der Waals surface area (Å²) >= 11 is 6.25. The molecule has 0 radical (unpaired) electrons. The molecule has 4 N–H and O–H groups in total. The number of hydrogen-bond donors (Lipinski definition) is 4. The van der Waals surface area contributed by atoms with E-state index in [4.69, 9.17) is 11.6 Å². The molecule has 0 aromatic heterocycles. The number of imide groups is 1. The van der Waals surface area contributed by atoms with Crippen molar-refractivity contribution in [2.45, 2.75) is 45.6 Å². The van der Waals surface area contributed by atoms with E-state index in [0.29, 0.717) is 42.0 Å². The van der Waals surface area contributed by atoms with Crippen LogP contribution >= 0.6 is 11.6 Å². The molecule has 8 heteroatoms. The quantitative estimate of drug-likeness (QED) is 0.149. The maximum atomic E-state index is 13.8. The van der Waals surface area contributed by atoms with Gasteiger partial charge in [-0.05, 0) is 98.3 Å². The monoisotopic (exact) mass is 600 g/mol. The maximum absolute atomic E-state index is 13.8. The predicted octanol–water partition coefficient (Wildman–Crippen LogP) is 6.86. The Balaban J connectivity index is 1.33. The number of carbonyl (C=O) groups is 2. The van der Waals surface area contributed by atoms with E-state index in [0.717, 1.165) is 28.1 Å². The fourth-order valence-electron chi connectivity index (χ4n) is 6.43. The molecule has 4 atom stereocenters. The molecule has 2 amide bonds. The van der Waals surface area contributed by atoms with Crippen molar-refractivity contribution in [3.63, 3.8) is 0 Å². The Morgan fingerprint density at radius 1 is 1.05 bits per heavy atom. The Morgan fingerprint density at radius 3 is 2.40 bits per heavy atom. The van der Waals surface area contributed by atoms with Gasteiger partial charge in [0.25, 0.3) is 0 Å². The molecule has 3 aromatic rings. The van der Waals surface area contributed by atoms with E-state index in [1.54, 1.807) is 24.3 Å². The normalized spacial score (nSPS) is 21.3. The number of carbonyl (C=O) groups excluding carboxylic acids is 2. The second kappa shape index (κ2) is 13.2. The zero-order chi connectivity index (χ0) is 30.7. The Morgan fingerprint density at radius 2 is 1.74 bits per heavy atom. The molecule has 7 nitrogen and oxygen atoms in total. The van der Waals surface area contributed by atoms with Crippen molar-refractivity contribution in [1.82, 2.24) is 0 Å². The Bertz CT molecular complexity index is 1550. The van der Waals surface area contributed by atoms with Gasteiger partial charge in [0.1, 0.15) is 5.75 Å². The van der Waals surface area contributed by atoms with Gasteiger partial charge in [-0.15, -0.1) is 0 Å². The molecular weight excluding hydrogens is 564 g/mol. The van der Waals surface area contributed by atoms with Gasteiger partial charge in [-0.3, -0.25) is 14.5 Å². The summed E-state index contributed by atoms with van der Waals surface area (Å²) in [5.74, 6) is -2.45. The minimum atomic E-state index is -0.869. The van der Waals surface area contributed by atoms with Crippen LogP contribution in [-0.2, 0) is 9.59 Å². The molecule has 0 spiro atoms. The van der Waals surface area contributed by atoms with Crippen molar-refractivity contribution in [2.24, 2.45) is 17.8 Å². The van der Waals surface area contributed by atoms with Gasteiger partial charge >= 0.3 is 0 Å². The molecule has 0 unspecified atom stereocenters. The molecule has 0 bridgehead atoms. The minimum absolute atomic E-state index is 0.0931. The van der Waals surface area contributed by atoms with E-state index in [-0.39, 0.29) is 24.2 Å². The highest BCUT2D eigenvalue weighted by molar-refractivity contribution is 6.32. The molecule has 1 fully saturated rings. The van der Waals surface area contributed by atoms with Gasteiger partial charge in [-0.1, -0.05) is 53.9 Å². The third kappa shape index (κ3) is 6.39. The van der Waals surface area contributed by atoms with Crippen LogP contribution in [0.3, 0.4) is 0 Å². The van der Waals surface area contributed by atoms with Gasteiger partial charge in [-0.2, -0.15) is 0 Å². The van der Waals surface area contributed by atoms with Crippen molar-refractivity contribution in [3.8, 4) is 5.75 Å². The van der Waals surface area contributed by atoms with Crippen molar-refractivity contribution < 1.29 is 24.9 Å². The average Bonchev–Trinajstić information content (AvgIpc) is 3.26. The van der Waals surface area contributed by atoms with Crippen LogP contribution in [0.4, 0.5) is 17.1 Å². The highest BCUT2D eigenvalue weighted by Gasteiger charge is 2.55. The van der Waals surface area contributed by atoms with Crippen LogP contribution in [0.15, 0.2) is 89.5 Å². The van der Waals surface area contributed by atoms with E-state index in [2.05, 4.69) is 5.32 Å². The zero-order valence-electron chi connectivity index (χ0n) is 24.3. The third-order valence-corrected chi connectivity index (χ3v) is 8.88. The van der Waals surface area contributed by atoms with Crippen LogP contribution in [-0.4, -0.2) is 39.8 Å². The first-order valence-corrected chi connectivity index (χ1v) is 15.1. The van der Waals surface area contributed by atoms with Crippen LogP contribution in [0.2, 0.25) is 5.02 Å². The number of allylic oxidation sites excluding steroid dienone is 2. The number of aromatic hydroxyl groups is 1. The summed E-state index contributed by atoms with van der Waals surface area (Å²) in [6.07, 6.45) is 3.01. The highest BCUT2D eigenvalue weighted by atomic mass is 35.5. The number of rotatable bonds is 10.